The van der Waals surface area contributed by atoms with Gasteiger partial charge in [-0.15, -0.1) is 0 Å². The van der Waals surface area contributed by atoms with E-state index < -0.39 is 0 Å². The Hall–Kier alpha value is -0.350. The minimum Gasteiger partial charge on any atom is -0.396 e. The lowest BCUT2D eigenvalue weighted by molar-refractivity contribution is 0.116. The molecule has 1 fully saturated rings. The lowest BCUT2D eigenvalue weighted by atomic mass is 9.99. The van der Waals surface area contributed by atoms with Crippen LogP contribution in [0.5, 0.6) is 0 Å². The molecule has 0 aromatic carbocycles. The topological polar surface area (TPSA) is 36.4 Å². The van der Waals surface area contributed by atoms with Gasteiger partial charge in [0.1, 0.15) is 10.3 Å². The molecule has 94 valence electrons. The maximum atomic E-state index is 9.18. The van der Waals surface area contributed by atoms with Gasteiger partial charge in [-0.05, 0) is 31.4 Å². The van der Waals surface area contributed by atoms with Crippen molar-refractivity contribution in [2.45, 2.75) is 19.4 Å². The average molecular weight is 275 g/mol. The summed E-state index contributed by atoms with van der Waals surface area (Å²) in [4.78, 5) is 6.34. The standard InChI is InChI=1S/C12H16Cl2N2O/c13-11-4-3-10(12(14)15-11)7-16-5-1-2-9(6-16)8-17/h3-4,9,17H,1-2,5-8H2. The quantitative estimate of drug-likeness (QED) is 0.861. The first-order chi connectivity index (χ1) is 8.19. The number of aliphatic hydroxyl groups excluding tert-OH is 1. The van der Waals surface area contributed by atoms with Crippen molar-refractivity contribution in [3.05, 3.63) is 28.0 Å². The Morgan fingerprint density at radius 1 is 1.41 bits per heavy atom. The second-order valence-electron chi connectivity index (χ2n) is 4.51. The molecule has 1 N–H and O–H groups in total. The fourth-order valence-electron chi connectivity index (χ4n) is 2.24. The zero-order valence-electron chi connectivity index (χ0n) is 9.57. The van der Waals surface area contributed by atoms with E-state index in [1.807, 2.05) is 6.07 Å². The van der Waals surface area contributed by atoms with E-state index in [9.17, 15) is 5.11 Å². The third-order valence-corrected chi connectivity index (χ3v) is 3.69. The van der Waals surface area contributed by atoms with Crippen LogP contribution in [0.4, 0.5) is 0 Å². The number of aromatic nitrogens is 1. The molecule has 0 bridgehead atoms. The van der Waals surface area contributed by atoms with Gasteiger partial charge in [0.2, 0.25) is 0 Å². The van der Waals surface area contributed by atoms with Crippen LogP contribution in [0.3, 0.4) is 0 Å². The summed E-state index contributed by atoms with van der Waals surface area (Å²) in [6.45, 7) is 3.02. The summed E-state index contributed by atoms with van der Waals surface area (Å²) < 4.78 is 0. The zero-order valence-corrected chi connectivity index (χ0v) is 11.1. The molecule has 1 unspecified atom stereocenters. The number of piperidine rings is 1. The maximum Gasteiger partial charge on any atom is 0.135 e. The second-order valence-corrected chi connectivity index (χ2v) is 5.26. The summed E-state index contributed by atoms with van der Waals surface area (Å²) in [7, 11) is 0. The van der Waals surface area contributed by atoms with Crippen LogP contribution in [0.2, 0.25) is 10.3 Å². The van der Waals surface area contributed by atoms with E-state index >= 15 is 0 Å². The van der Waals surface area contributed by atoms with Gasteiger partial charge in [0, 0.05) is 25.3 Å². The third kappa shape index (κ3) is 3.55. The molecular weight excluding hydrogens is 259 g/mol. The molecule has 1 aromatic heterocycles. The molecule has 17 heavy (non-hydrogen) atoms. The van der Waals surface area contributed by atoms with Gasteiger partial charge in [-0.1, -0.05) is 29.3 Å². The second kappa shape index (κ2) is 6.01. The molecule has 1 aliphatic rings. The van der Waals surface area contributed by atoms with Gasteiger partial charge >= 0.3 is 0 Å². The van der Waals surface area contributed by atoms with Crippen molar-refractivity contribution in [1.29, 1.82) is 0 Å². The van der Waals surface area contributed by atoms with Crippen molar-refractivity contribution in [2.75, 3.05) is 19.7 Å². The predicted octanol–water partition coefficient (Wildman–Crippen LogP) is 2.59. The summed E-state index contributed by atoms with van der Waals surface area (Å²) in [5.41, 5.74) is 0.995. The molecule has 5 heteroatoms. The van der Waals surface area contributed by atoms with Crippen LogP contribution in [-0.2, 0) is 6.54 Å². The van der Waals surface area contributed by atoms with Gasteiger partial charge < -0.3 is 5.11 Å². The van der Waals surface area contributed by atoms with E-state index in [0.717, 1.165) is 38.0 Å². The van der Waals surface area contributed by atoms with Gasteiger partial charge in [0.15, 0.2) is 0 Å². The van der Waals surface area contributed by atoms with Crippen molar-refractivity contribution in [1.82, 2.24) is 9.88 Å². The van der Waals surface area contributed by atoms with Gasteiger partial charge in [-0.3, -0.25) is 4.90 Å². The van der Waals surface area contributed by atoms with Crippen LogP contribution >= 0.6 is 23.2 Å². The van der Waals surface area contributed by atoms with Crippen molar-refractivity contribution < 1.29 is 5.11 Å². The first-order valence-corrected chi connectivity index (χ1v) is 6.58. The SMILES string of the molecule is OCC1CCCN(Cc2ccc(Cl)nc2Cl)C1. The number of hydrogen-bond donors (Lipinski definition) is 1. The van der Waals surface area contributed by atoms with E-state index in [-0.39, 0.29) is 6.61 Å². The maximum absolute atomic E-state index is 9.18. The molecule has 0 spiro atoms. The van der Waals surface area contributed by atoms with Gasteiger partial charge in [0.05, 0.1) is 0 Å². The molecule has 1 aliphatic heterocycles. The summed E-state index contributed by atoms with van der Waals surface area (Å²) in [6.07, 6.45) is 2.24. The molecular formula is C12H16Cl2N2O. The van der Waals surface area contributed by atoms with Gasteiger partial charge in [-0.2, -0.15) is 0 Å². The first kappa shape index (κ1) is 13.1. The van der Waals surface area contributed by atoms with Crippen LogP contribution in [0.1, 0.15) is 18.4 Å². The zero-order chi connectivity index (χ0) is 12.3. The highest BCUT2D eigenvalue weighted by molar-refractivity contribution is 6.32. The highest BCUT2D eigenvalue weighted by atomic mass is 35.5. The van der Waals surface area contributed by atoms with E-state index in [1.54, 1.807) is 6.07 Å². The molecule has 0 aliphatic carbocycles. The predicted molar refractivity (Wildman–Crippen MR) is 69.3 cm³/mol. The Kier molecular flexibility index (Phi) is 4.62. The number of pyridine rings is 1. The lowest BCUT2D eigenvalue weighted by Crippen LogP contribution is -2.36. The van der Waals surface area contributed by atoms with E-state index in [1.165, 1.54) is 0 Å². The van der Waals surface area contributed by atoms with E-state index in [4.69, 9.17) is 23.2 Å². The Labute approximate surface area is 111 Å². The Balaban J connectivity index is 2.00. The van der Waals surface area contributed by atoms with Gasteiger partial charge in [-0.25, -0.2) is 4.98 Å². The van der Waals surface area contributed by atoms with Crippen molar-refractivity contribution in [3.63, 3.8) is 0 Å². The smallest absolute Gasteiger partial charge is 0.135 e. The fraction of sp³-hybridized carbons (Fsp3) is 0.583. The molecule has 0 saturated carbocycles. The minimum absolute atomic E-state index is 0.267. The molecule has 0 radical (unpaired) electrons. The third-order valence-electron chi connectivity index (χ3n) is 3.15. The molecule has 2 rings (SSSR count). The summed E-state index contributed by atoms with van der Waals surface area (Å²) >= 11 is 11.8. The number of nitrogens with zero attached hydrogens (tertiary/aromatic N) is 2. The monoisotopic (exact) mass is 274 g/mol. The lowest BCUT2D eigenvalue weighted by Gasteiger charge is -2.31. The van der Waals surface area contributed by atoms with Crippen LogP contribution in [0, 0.1) is 5.92 Å². The fourth-order valence-corrected chi connectivity index (χ4v) is 2.65. The number of likely N-dealkylation sites (tertiary alicyclic amines) is 1. The molecule has 2 heterocycles. The van der Waals surface area contributed by atoms with Crippen LogP contribution in [0.25, 0.3) is 0 Å². The minimum atomic E-state index is 0.267. The Morgan fingerprint density at radius 3 is 2.94 bits per heavy atom. The van der Waals surface area contributed by atoms with E-state index in [2.05, 4.69) is 9.88 Å². The number of hydrogen-bond acceptors (Lipinski definition) is 3. The Morgan fingerprint density at radius 2 is 2.24 bits per heavy atom. The van der Waals surface area contributed by atoms with Gasteiger partial charge in [0.25, 0.3) is 0 Å². The largest absolute Gasteiger partial charge is 0.396 e. The van der Waals surface area contributed by atoms with Crippen molar-refractivity contribution in [3.8, 4) is 0 Å². The highest BCUT2D eigenvalue weighted by Gasteiger charge is 2.19. The number of rotatable bonds is 3. The molecule has 1 atom stereocenters. The normalized spacial score (nSPS) is 21.7. The summed E-state index contributed by atoms with van der Waals surface area (Å²) in [5, 5.41) is 10.1. The van der Waals surface area contributed by atoms with E-state index in [0.29, 0.717) is 16.2 Å². The van der Waals surface area contributed by atoms with Crippen molar-refractivity contribution in [2.24, 2.45) is 5.92 Å². The number of aliphatic hydroxyl groups is 1. The number of halogens is 2. The summed E-state index contributed by atoms with van der Waals surface area (Å²) in [6, 6.07) is 3.68. The van der Waals surface area contributed by atoms with Crippen molar-refractivity contribution >= 4 is 23.2 Å². The Bertz CT molecular complexity index is 387. The molecule has 1 aromatic rings. The first-order valence-electron chi connectivity index (χ1n) is 5.83. The van der Waals surface area contributed by atoms with Crippen LogP contribution < -0.4 is 0 Å². The van der Waals surface area contributed by atoms with Crippen LogP contribution in [-0.4, -0.2) is 34.7 Å². The molecule has 0 amide bonds. The molecule has 3 nitrogen and oxygen atoms in total. The summed E-state index contributed by atoms with van der Waals surface area (Å²) in [5.74, 6) is 0.391. The molecule has 1 saturated heterocycles. The highest BCUT2D eigenvalue weighted by Crippen LogP contribution is 2.22. The average Bonchev–Trinajstić information content (AvgIpc) is 2.33. The van der Waals surface area contributed by atoms with Crippen LogP contribution in [0.15, 0.2) is 12.1 Å².